The van der Waals surface area contributed by atoms with Crippen molar-refractivity contribution in [1.82, 2.24) is 10.6 Å². The van der Waals surface area contributed by atoms with E-state index in [0.29, 0.717) is 22.5 Å². The van der Waals surface area contributed by atoms with Crippen molar-refractivity contribution in [3.63, 3.8) is 0 Å². The second-order valence-corrected chi connectivity index (χ2v) is 9.93. The Hall–Kier alpha value is -0.890. The zero-order chi connectivity index (χ0) is 17.9. The molecule has 3 aliphatic rings. The standard InChI is InChI=1S/C17H26N2O4S2/c1-2-18-16(22)19-14(20)10-23-15(21)11-8-12-4-3-5-13(9-11)17(12)24-6-7-25-17/h11-13H,2-10H2,1H3,(H2,18,19,20,22)/t11?,12-,13+. The molecule has 0 radical (unpaired) electrons. The number of carbonyl (C=O) groups excluding carboxylic acids is 3. The van der Waals surface area contributed by atoms with Crippen molar-refractivity contribution in [3.05, 3.63) is 0 Å². The lowest BCUT2D eigenvalue weighted by molar-refractivity contribution is -0.155. The van der Waals surface area contributed by atoms with E-state index in [2.05, 4.69) is 34.2 Å². The van der Waals surface area contributed by atoms with Crippen LogP contribution in [0.5, 0.6) is 0 Å². The highest BCUT2D eigenvalue weighted by Crippen LogP contribution is 2.64. The number of esters is 1. The van der Waals surface area contributed by atoms with E-state index in [4.69, 9.17) is 4.74 Å². The SMILES string of the molecule is CCNC(=O)NC(=O)COC(=O)C1C[C@H]2CCC[C@@H](C1)C21SCCS1. The van der Waals surface area contributed by atoms with Crippen LogP contribution in [-0.2, 0) is 14.3 Å². The molecule has 3 atom stereocenters. The van der Waals surface area contributed by atoms with Gasteiger partial charge in [0.1, 0.15) is 0 Å². The van der Waals surface area contributed by atoms with Gasteiger partial charge in [0, 0.05) is 18.1 Å². The third kappa shape index (κ3) is 4.10. The Kier molecular flexibility index (Phi) is 6.20. The van der Waals surface area contributed by atoms with E-state index >= 15 is 0 Å². The fourth-order valence-electron chi connectivity index (χ4n) is 4.42. The van der Waals surface area contributed by atoms with Crippen molar-refractivity contribution in [1.29, 1.82) is 0 Å². The highest BCUT2D eigenvalue weighted by Gasteiger charge is 2.55. The van der Waals surface area contributed by atoms with Crippen LogP contribution in [0, 0.1) is 17.8 Å². The number of thioether (sulfide) groups is 2. The second kappa shape index (κ2) is 8.20. The summed E-state index contributed by atoms with van der Waals surface area (Å²) in [6.45, 7) is 1.80. The maximum absolute atomic E-state index is 12.4. The minimum absolute atomic E-state index is 0.111. The molecule has 140 valence electrons. The molecule has 6 nitrogen and oxygen atoms in total. The number of amides is 3. The number of hydrogen-bond donors (Lipinski definition) is 2. The minimum atomic E-state index is -0.589. The van der Waals surface area contributed by atoms with Crippen LogP contribution in [0.15, 0.2) is 0 Å². The maximum Gasteiger partial charge on any atom is 0.321 e. The molecule has 1 heterocycles. The molecule has 2 aliphatic carbocycles. The van der Waals surface area contributed by atoms with Crippen LogP contribution < -0.4 is 10.6 Å². The quantitative estimate of drug-likeness (QED) is 0.722. The smallest absolute Gasteiger partial charge is 0.321 e. The molecule has 0 aromatic rings. The first kappa shape index (κ1) is 18.9. The molecule has 3 rings (SSSR count). The fourth-order valence-corrected chi connectivity index (χ4v) is 8.36. The lowest BCUT2D eigenvalue weighted by Crippen LogP contribution is -2.48. The van der Waals surface area contributed by atoms with Crippen LogP contribution in [-0.4, -0.2) is 46.6 Å². The van der Waals surface area contributed by atoms with Gasteiger partial charge in [-0.1, -0.05) is 6.42 Å². The Balaban J connectivity index is 1.51. The summed E-state index contributed by atoms with van der Waals surface area (Å²) in [4.78, 5) is 35.4. The zero-order valence-electron chi connectivity index (χ0n) is 14.5. The van der Waals surface area contributed by atoms with E-state index in [1.165, 1.54) is 30.8 Å². The van der Waals surface area contributed by atoms with E-state index < -0.39 is 18.5 Å². The van der Waals surface area contributed by atoms with Gasteiger partial charge in [-0.3, -0.25) is 14.9 Å². The average molecular weight is 387 g/mol. The van der Waals surface area contributed by atoms with Crippen molar-refractivity contribution >= 4 is 41.4 Å². The van der Waals surface area contributed by atoms with E-state index in [9.17, 15) is 14.4 Å². The molecule has 1 unspecified atom stereocenters. The van der Waals surface area contributed by atoms with Crippen molar-refractivity contribution in [2.24, 2.45) is 17.8 Å². The van der Waals surface area contributed by atoms with Gasteiger partial charge < -0.3 is 10.1 Å². The summed E-state index contributed by atoms with van der Waals surface area (Å²) in [6.07, 6.45) is 5.38. The summed E-state index contributed by atoms with van der Waals surface area (Å²) in [6, 6.07) is -0.562. The summed E-state index contributed by atoms with van der Waals surface area (Å²) in [7, 11) is 0. The van der Waals surface area contributed by atoms with Crippen LogP contribution >= 0.6 is 23.5 Å². The molecular formula is C17H26N2O4S2. The van der Waals surface area contributed by atoms with Gasteiger partial charge in [-0.25, -0.2) is 4.79 Å². The molecule has 0 aromatic carbocycles. The molecule has 1 saturated heterocycles. The number of imide groups is 1. The first-order valence-electron chi connectivity index (χ1n) is 9.07. The summed E-state index contributed by atoms with van der Waals surface area (Å²) in [5.41, 5.74) is 0. The monoisotopic (exact) mass is 386 g/mol. The van der Waals surface area contributed by atoms with Crippen molar-refractivity contribution < 1.29 is 19.1 Å². The summed E-state index contributed by atoms with van der Waals surface area (Å²) >= 11 is 4.21. The third-order valence-corrected chi connectivity index (χ3v) is 9.41. The van der Waals surface area contributed by atoms with Gasteiger partial charge in [0.2, 0.25) is 0 Å². The molecule has 8 heteroatoms. The van der Waals surface area contributed by atoms with Gasteiger partial charge in [-0.05, 0) is 44.4 Å². The second-order valence-electron chi connectivity index (χ2n) is 6.93. The lowest BCUT2D eigenvalue weighted by Gasteiger charge is -2.51. The largest absolute Gasteiger partial charge is 0.455 e. The Morgan fingerprint density at radius 2 is 1.76 bits per heavy atom. The van der Waals surface area contributed by atoms with Crippen LogP contribution in [0.25, 0.3) is 0 Å². The number of rotatable bonds is 4. The zero-order valence-corrected chi connectivity index (χ0v) is 16.2. The van der Waals surface area contributed by atoms with Crippen LogP contribution in [0.4, 0.5) is 4.79 Å². The highest BCUT2D eigenvalue weighted by atomic mass is 32.2. The predicted octanol–water partition coefficient (Wildman–Crippen LogP) is 2.38. The molecule has 2 saturated carbocycles. The topological polar surface area (TPSA) is 84.5 Å². The molecule has 1 aliphatic heterocycles. The minimum Gasteiger partial charge on any atom is -0.455 e. The predicted molar refractivity (Wildman–Crippen MR) is 99.4 cm³/mol. The first-order valence-corrected chi connectivity index (χ1v) is 11.0. The fraction of sp³-hybridized carbons (Fsp3) is 0.824. The lowest BCUT2D eigenvalue weighted by atomic mass is 9.67. The highest BCUT2D eigenvalue weighted by molar-refractivity contribution is 8.21. The maximum atomic E-state index is 12.4. The summed E-state index contributed by atoms with van der Waals surface area (Å²) in [5, 5.41) is 4.61. The van der Waals surface area contributed by atoms with E-state index in [0.717, 1.165) is 12.8 Å². The van der Waals surface area contributed by atoms with Crippen molar-refractivity contribution in [2.75, 3.05) is 24.7 Å². The Bertz CT molecular complexity index is 521. The van der Waals surface area contributed by atoms with Crippen LogP contribution in [0.1, 0.15) is 39.0 Å². The number of carbonyl (C=O) groups is 3. The number of hydrogen-bond acceptors (Lipinski definition) is 6. The number of nitrogens with one attached hydrogen (secondary N) is 2. The van der Waals surface area contributed by atoms with Gasteiger partial charge in [-0.15, -0.1) is 23.5 Å². The number of ether oxygens (including phenoxy) is 1. The normalized spacial score (nSPS) is 29.9. The molecular weight excluding hydrogens is 360 g/mol. The van der Waals surface area contributed by atoms with Gasteiger partial charge in [0.15, 0.2) is 6.61 Å². The van der Waals surface area contributed by atoms with Crippen LogP contribution in [0.2, 0.25) is 0 Å². The van der Waals surface area contributed by atoms with E-state index in [1.807, 2.05) is 0 Å². The number of urea groups is 1. The molecule has 3 fully saturated rings. The molecule has 0 aromatic heterocycles. The Morgan fingerprint density at radius 3 is 2.36 bits per heavy atom. The Morgan fingerprint density at radius 1 is 1.12 bits per heavy atom. The summed E-state index contributed by atoms with van der Waals surface area (Å²) in [5.74, 6) is 2.58. The van der Waals surface area contributed by atoms with Gasteiger partial charge in [0.05, 0.1) is 10.00 Å². The Labute approximate surface area is 157 Å². The van der Waals surface area contributed by atoms with Gasteiger partial charge in [-0.2, -0.15) is 0 Å². The molecule has 1 spiro atoms. The molecule has 2 bridgehead atoms. The van der Waals surface area contributed by atoms with Crippen LogP contribution in [0.3, 0.4) is 0 Å². The van der Waals surface area contributed by atoms with E-state index in [-0.39, 0.29) is 11.9 Å². The van der Waals surface area contributed by atoms with Gasteiger partial charge >= 0.3 is 12.0 Å². The first-order chi connectivity index (χ1) is 12.0. The third-order valence-electron chi connectivity index (χ3n) is 5.39. The average Bonchev–Trinajstić information content (AvgIpc) is 3.02. The van der Waals surface area contributed by atoms with Crippen molar-refractivity contribution in [2.45, 2.75) is 43.1 Å². The van der Waals surface area contributed by atoms with Crippen molar-refractivity contribution in [3.8, 4) is 0 Å². The van der Waals surface area contributed by atoms with Gasteiger partial charge in [0.25, 0.3) is 5.91 Å². The molecule has 2 N–H and O–H groups in total. The van der Waals surface area contributed by atoms with E-state index in [1.54, 1.807) is 6.92 Å². The molecule has 25 heavy (non-hydrogen) atoms. The summed E-state index contributed by atoms with van der Waals surface area (Å²) < 4.78 is 5.52. The molecule has 3 amide bonds.